The topological polar surface area (TPSA) is 151 Å². The predicted molar refractivity (Wildman–Crippen MR) is 83.3 cm³/mol. The van der Waals surface area contributed by atoms with Gasteiger partial charge in [-0.2, -0.15) is 0 Å². The summed E-state index contributed by atoms with van der Waals surface area (Å²) in [5, 5.41) is 29.0. The Kier molecular flexibility index (Phi) is 5.72. The molecule has 0 aromatic carbocycles. The Balaban J connectivity index is 2.57. The van der Waals surface area contributed by atoms with Crippen molar-refractivity contribution in [2.24, 2.45) is 0 Å². The number of nitrogens with one attached hydrogen (secondary N) is 1. The molecule has 4 atom stereocenters. The number of hydrogen-bond acceptors (Lipinski definition) is 8. The van der Waals surface area contributed by atoms with Crippen molar-refractivity contribution < 1.29 is 29.6 Å². The second kappa shape index (κ2) is 7.40. The van der Waals surface area contributed by atoms with Crippen molar-refractivity contribution in [3.05, 3.63) is 37.1 Å². The van der Waals surface area contributed by atoms with Crippen LogP contribution < -0.4 is 11.2 Å². The number of halogens is 1. The normalized spacial score (nSPS) is 27.3. The highest BCUT2D eigenvalue weighted by Gasteiger charge is 2.44. The van der Waals surface area contributed by atoms with E-state index in [9.17, 15) is 24.6 Å². The van der Waals surface area contributed by atoms with E-state index >= 15 is 0 Å². The largest absolute Gasteiger partial charge is 0.465 e. The van der Waals surface area contributed by atoms with Crippen LogP contribution in [0, 0.1) is 0 Å². The number of aliphatic hydroxyl groups excluding tert-OH is 3. The summed E-state index contributed by atoms with van der Waals surface area (Å²) in [6.45, 7) is -0.580. The zero-order chi connectivity index (χ0) is 18.0. The molecule has 0 spiro atoms. The van der Waals surface area contributed by atoms with E-state index in [0.29, 0.717) is 0 Å². The van der Waals surface area contributed by atoms with Crippen molar-refractivity contribution >= 4 is 28.0 Å². The van der Waals surface area contributed by atoms with Gasteiger partial charge in [-0.05, 0) is 22.0 Å². The van der Waals surface area contributed by atoms with Crippen molar-refractivity contribution in [2.75, 3.05) is 13.7 Å². The molecule has 0 saturated carbocycles. The maximum atomic E-state index is 12.1. The van der Waals surface area contributed by atoms with Gasteiger partial charge in [0.1, 0.15) is 22.8 Å². The van der Waals surface area contributed by atoms with Crippen LogP contribution in [-0.2, 0) is 14.3 Å². The number of hydrogen-bond donors (Lipinski definition) is 4. The summed E-state index contributed by atoms with van der Waals surface area (Å²) in [5.41, 5.74) is -1.73. The van der Waals surface area contributed by atoms with Crippen LogP contribution in [0.3, 0.4) is 0 Å². The number of carbonyl (C=O) groups excluding carboxylic acids is 1. The number of aromatic nitrogens is 2. The number of aromatic amines is 1. The molecule has 1 aliphatic heterocycles. The molecule has 1 aromatic heterocycles. The maximum Gasteiger partial charge on any atom is 0.345 e. The van der Waals surface area contributed by atoms with Gasteiger partial charge in [-0.15, -0.1) is 0 Å². The van der Waals surface area contributed by atoms with Gasteiger partial charge in [0.15, 0.2) is 6.23 Å². The minimum absolute atomic E-state index is 0.0733. The van der Waals surface area contributed by atoms with E-state index in [0.717, 1.165) is 23.8 Å². The van der Waals surface area contributed by atoms with E-state index in [-0.39, 0.29) is 10.2 Å². The summed E-state index contributed by atoms with van der Waals surface area (Å²) in [5.74, 6) is -0.754. The zero-order valence-electron chi connectivity index (χ0n) is 12.4. The van der Waals surface area contributed by atoms with Gasteiger partial charge in [0.05, 0.1) is 19.4 Å². The second-order valence-electron chi connectivity index (χ2n) is 4.95. The lowest BCUT2D eigenvalue weighted by molar-refractivity contribution is -0.135. The third-order valence-electron chi connectivity index (χ3n) is 3.43. The summed E-state index contributed by atoms with van der Waals surface area (Å²) in [6, 6.07) is 1.00. The fraction of sp³-hybridized carbons (Fsp3) is 0.462. The number of H-pyrrole nitrogens is 1. The maximum absolute atomic E-state index is 12.1. The number of nitrogens with zero attached hydrogens (tertiary/aromatic N) is 1. The molecule has 24 heavy (non-hydrogen) atoms. The highest BCUT2D eigenvalue weighted by atomic mass is 79.9. The van der Waals surface area contributed by atoms with Crippen molar-refractivity contribution in [1.29, 1.82) is 0 Å². The fourth-order valence-electron chi connectivity index (χ4n) is 2.28. The number of esters is 1. The van der Waals surface area contributed by atoms with Crippen molar-refractivity contribution in [1.82, 2.24) is 9.55 Å². The third-order valence-corrected chi connectivity index (χ3v) is 3.99. The molecule has 1 aliphatic rings. The van der Waals surface area contributed by atoms with E-state index in [1.165, 1.54) is 0 Å². The number of aliphatic hydroxyl groups is 3. The van der Waals surface area contributed by atoms with Crippen LogP contribution in [0.5, 0.6) is 0 Å². The smallest absolute Gasteiger partial charge is 0.345 e. The van der Waals surface area contributed by atoms with E-state index in [1.807, 2.05) is 4.98 Å². The van der Waals surface area contributed by atoms with Crippen LogP contribution in [0.2, 0.25) is 0 Å². The third kappa shape index (κ3) is 3.49. The van der Waals surface area contributed by atoms with Crippen LogP contribution in [0.4, 0.5) is 0 Å². The highest BCUT2D eigenvalue weighted by Crippen LogP contribution is 2.29. The molecule has 4 N–H and O–H groups in total. The number of carbonyl (C=O) groups is 1. The first-order chi connectivity index (χ1) is 11.3. The van der Waals surface area contributed by atoms with Crippen molar-refractivity contribution in [3.8, 4) is 0 Å². The summed E-state index contributed by atoms with van der Waals surface area (Å²) in [4.78, 5) is 37.1. The standard InChI is InChI=1S/C13H15BrN2O8/c1-23-12(21)6(14)2-5-3-8(18)15-13(22)16(5)11-10(20)9(19)7(4-17)24-11/h2-3,7,9-11,17,19-20H,4H2,1H3,(H,15,18,22)/b6-2+/t7-,9-,10-,11?/m1/s1. The fourth-order valence-corrected chi connectivity index (χ4v) is 2.67. The average molecular weight is 407 g/mol. The molecule has 10 nitrogen and oxygen atoms in total. The number of methoxy groups -OCH3 is 1. The molecule has 1 fully saturated rings. The molecule has 11 heteroatoms. The van der Waals surface area contributed by atoms with Gasteiger partial charge >= 0.3 is 11.7 Å². The molecule has 2 rings (SSSR count). The molecule has 0 amide bonds. The van der Waals surface area contributed by atoms with Crippen molar-refractivity contribution in [3.63, 3.8) is 0 Å². The molecule has 1 unspecified atom stereocenters. The Hall–Kier alpha value is -1.79. The SMILES string of the molecule is COC(=O)/C(Br)=C\c1cc(=O)[nH]c(=O)n1C1O[C@H](CO)[C@@H](O)[C@H]1O. The Morgan fingerprint density at radius 1 is 1.46 bits per heavy atom. The molecule has 1 saturated heterocycles. The first-order valence-electron chi connectivity index (χ1n) is 6.74. The van der Waals surface area contributed by atoms with Crippen molar-refractivity contribution in [2.45, 2.75) is 24.5 Å². The summed E-state index contributed by atoms with van der Waals surface area (Å²) < 4.78 is 10.6. The molecule has 0 aliphatic carbocycles. The van der Waals surface area contributed by atoms with E-state index < -0.39 is 48.4 Å². The lowest BCUT2D eigenvalue weighted by Crippen LogP contribution is -2.39. The van der Waals surface area contributed by atoms with Gasteiger partial charge in [-0.3, -0.25) is 14.3 Å². The Bertz CT molecular complexity index is 770. The molecule has 2 heterocycles. The average Bonchev–Trinajstić information content (AvgIpc) is 2.81. The second-order valence-corrected chi connectivity index (χ2v) is 5.80. The number of rotatable bonds is 4. The van der Waals surface area contributed by atoms with Gasteiger partial charge in [0.2, 0.25) is 0 Å². The van der Waals surface area contributed by atoms with Gasteiger partial charge in [0, 0.05) is 6.07 Å². The van der Waals surface area contributed by atoms with Crippen LogP contribution in [0.1, 0.15) is 11.9 Å². The van der Waals surface area contributed by atoms with Gasteiger partial charge in [-0.1, -0.05) is 0 Å². The first-order valence-corrected chi connectivity index (χ1v) is 7.53. The van der Waals surface area contributed by atoms with Crippen LogP contribution in [-0.4, -0.2) is 62.9 Å². The monoisotopic (exact) mass is 406 g/mol. The lowest BCUT2D eigenvalue weighted by atomic mass is 10.1. The Morgan fingerprint density at radius 2 is 2.12 bits per heavy atom. The minimum Gasteiger partial charge on any atom is -0.465 e. The Morgan fingerprint density at radius 3 is 2.67 bits per heavy atom. The quantitative estimate of drug-likeness (QED) is 0.332. The van der Waals surface area contributed by atoms with Crippen LogP contribution >= 0.6 is 15.9 Å². The molecular weight excluding hydrogens is 392 g/mol. The van der Waals surface area contributed by atoms with Crippen LogP contribution in [0.15, 0.2) is 20.1 Å². The highest BCUT2D eigenvalue weighted by molar-refractivity contribution is 9.12. The molecule has 0 radical (unpaired) electrons. The van der Waals surface area contributed by atoms with Gasteiger partial charge in [-0.25, -0.2) is 9.59 Å². The van der Waals surface area contributed by atoms with Crippen LogP contribution in [0.25, 0.3) is 6.08 Å². The first kappa shape index (κ1) is 18.5. The van der Waals surface area contributed by atoms with Gasteiger partial charge in [0.25, 0.3) is 5.56 Å². The van der Waals surface area contributed by atoms with E-state index in [2.05, 4.69) is 20.7 Å². The summed E-state index contributed by atoms with van der Waals surface area (Å²) >= 11 is 2.95. The molecular formula is C13H15BrN2O8. The minimum atomic E-state index is -1.53. The molecule has 1 aromatic rings. The van der Waals surface area contributed by atoms with Gasteiger partial charge < -0.3 is 24.8 Å². The number of ether oxygens (including phenoxy) is 2. The lowest BCUT2D eigenvalue weighted by Gasteiger charge is -2.19. The Labute approximate surface area is 143 Å². The molecule has 0 bridgehead atoms. The summed E-state index contributed by atoms with van der Waals surface area (Å²) in [6.07, 6.45) is -4.30. The van der Waals surface area contributed by atoms with E-state index in [1.54, 1.807) is 0 Å². The predicted octanol–water partition coefficient (Wildman–Crippen LogP) is -1.94. The molecule has 132 valence electrons. The van der Waals surface area contributed by atoms with E-state index in [4.69, 9.17) is 9.84 Å². The zero-order valence-corrected chi connectivity index (χ0v) is 14.0. The summed E-state index contributed by atoms with van der Waals surface area (Å²) in [7, 11) is 1.15.